The van der Waals surface area contributed by atoms with Gasteiger partial charge >= 0.3 is 0 Å². The van der Waals surface area contributed by atoms with E-state index in [9.17, 15) is 0 Å². The molecule has 0 saturated heterocycles. The van der Waals surface area contributed by atoms with Crippen molar-refractivity contribution in [3.05, 3.63) is 34.3 Å². The Morgan fingerprint density at radius 2 is 1.79 bits per heavy atom. The van der Waals surface area contributed by atoms with Crippen LogP contribution in [0, 0.1) is 5.41 Å². The molecular weight excluding hydrogens is 298 g/mol. The maximum absolute atomic E-state index is 3.86. The van der Waals surface area contributed by atoms with Crippen LogP contribution in [0.1, 0.15) is 64.5 Å². The first-order valence-corrected chi connectivity index (χ1v) is 8.31. The Kier molecular flexibility index (Phi) is 5.08. The predicted octanol–water partition coefficient (Wildman–Crippen LogP) is 5.46. The smallest absolute Gasteiger partial charge is 0.0320 e. The summed E-state index contributed by atoms with van der Waals surface area (Å²) in [6.07, 6.45) is 6.49. The summed E-state index contributed by atoms with van der Waals surface area (Å²) in [5, 5.41) is 3.86. The van der Waals surface area contributed by atoms with Crippen LogP contribution in [0.2, 0.25) is 0 Å². The van der Waals surface area contributed by atoms with E-state index in [0.717, 1.165) is 10.9 Å². The Morgan fingerprint density at radius 3 is 2.32 bits per heavy atom. The first-order chi connectivity index (χ1) is 9.00. The van der Waals surface area contributed by atoms with E-state index < -0.39 is 0 Å². The fourth-order valence-electron chi connectivity index (χ4n) is 3.00. The van der Waals surface area contributed by atoms with Crippen LogP contribution in [0.25, 0.3) is 0 Å². The van der Waals surface area contributed by atoms with E-state index in [1.54, 1.807) is 0 Å². The van der Waals surface area contributed by atoms with Gasteiger partial charge in [-0.1, -0.05) is 48.8 Å². The van der Waals surface area contributed by atoms with Gasteiger partial charge in [0.05, 0.1) is 0 Å². The summed E-state index contributed by atoms with van der Waals surface area (Å²) in [5.41, 5.74) is 1.97. The van der Waals surface area contributed by atoms with E-state index in [1.165, 1.54) is 31.2 Å². The lowest BCUT2D eigenvalue weighted by atomic mass is 9.75. The van der Waals surface area contributed by atoms with Gasteiger partial charge < -0.3 is 5.32 Å². The molecule has 1 nitrogen and oxygen atoms in total. The maximum atomic E-state index is 3.86. The Morgan fingerprint density at radius 1 is 1.21 bits per heavy atom. The van der Waals surface area contributed by atoms with Gasteiger partial charge in [0, 0.05) is 16.6 Å². The van der Waals surface area contributed by atoms with Gasteiger partial charge in [-0.25, -0.2) is 0 Å². The molecule has 106 valence electrons. The van der Waals surface area contributed by atoms with Crippen molar-refractivity contribution in [2.24, 2.45) is 5.41 Å². The molecule has 0 aromatic heterocycles. The lowest BCUT2D eigenvalue weighted by Crippen LogP contribution is -2.37. The minimum Gasteiger partial charge on any atom is -0.307 e. The lowest BCUT2D eigenvalue weighted by Gasteiger charge is -2.36. The SMILES string of the molecule is CCC(NC1CCC(C)(C)CC1)c1ccc(Br)cc1. The molecular formula is C17H26BrN. The third-order valence-electron chi connectivity index (χ3n) is 4.46. The zero-order valence-corrected chi connectivity index (χ0v) is 14.0. The number of nitrogens with one attached hydrogen (secondary N) is 1. The molecule has 1 saturated carbocycles. The summed E-state index contributed by atoms with van der Waals surface area (Å²) < 4.78 is 1.16. The third-order valence-corrected chi connectivity index (χ3v) is 4.99. The number of hydrogen-bond donors (Lipinski definition) is 1. The molecule has 0 spiro atoms. The highest BCUT2D eigenvalue weighted by Gasteiger charge is 2.27. The number of benzene rings is 1. The van der Waals surface area contributed by atoms with Gasteiger partial charge in [0.2, 0.25) is 0 Å². The summed E-state index contributed by atoms with van der Waals surface area (Å²) in [6.45, 7) is 7.07. The molecule has 1 aliphatic carbocycles. The van der Waals surface area contributed by atoms with Gasteiger partial charge in [-0.3, -0.25) is 0 Å². The van der Waals surface area contributed by atoms with Crippen LogP contribution < -0.4 is 5.32 Å². The first-order valence-electron chi connectivity index (χ1n) is 7.52. The van der Waals surface area contributed by atoms with E-state index in [-0.39, 0.29) is 0 Å². The second-order valence-corrected chi connectivity index (χ2v) is 7.53. The average Bonchev–Trinajstić information content (AvgIpc) is 2.39. The molecule has 0 heterocycles. The molecule has 1 fully saturated rings. The van der Waals surface area contributed by atoms with Crippen molar-refractivity contribution in [3.8, 4) is 0 Å². The molecule has 2 heteroatoms. The van der Waals surface area contributed by atoms with Crippen LogP contribution >= 0.6 is 15.9 Å². The fraction of sp³-hybridized carbons (Fsp3) is 0.647. The van der Waals surface area contributed by atoms with Gasteiger partial charge in [-0.05, 0) is 55.2 Å². The first kappa shape index (κ1) is 15.1. The quantitative estimate of drug-likeness (QED) is 0.775. The van der Waals surface area contributed by atoms with Crippen LogP contribution in [0.3, 0.4) is 0 Å². The standard InChI is InChI=1S/C17H26BrN/c1-4-16(13-5-7-14(18)8-6-13)19-15-9-11-17(2,3)12-10-15/h5-8,15-16,19H,4,9-12H2,1-3H3. The summed E-state index contributed by atoms with van der Waals surface area (Å²) in [4.78, 5) is 0. The Hall–Kier alpha value is -0.340. The third kappa shape index (κ3) is 4.32. The van der Waals surface area contributed by atoms with Crippen molar-refractivity contribution >= 4 is 15.9 Å². The molecule has 0 aliphatic heterocycles. The summed E-state index contributed by atoms with van der Waals surface area (Å²) >= 11 is 3.51. The molecule has 2 rings (SSSR count). The monoisotopic (exact) mass is 323 g/mol. The van der Waals surface area contributed by atoms with Gasteiger partial charge in [0.15, 0.2) is 0 Å². The average molecular weight is 324 g/mol. The van der Waals surface area contributed by atoms with Crippen molar-refractivity contribution < 1.29 is 0 Å². The van der Waals surface area contributed by atoms with E-state index in [2.05, 4.69) is 66.3 Å². The summed E-state index contributed by atoms with van der Waals surface area (Å²) in [5.74, 6) is 0. The molecule has 19 heavy (non-hydrogen) atoms. The molecule has 1 N–H and O–H groups in total. The molecule has 1 atom stereocenters. The normalized spacial score (nSPS) is 21.3. The number of hydrogen-bond acceptors (Lipinski definition) is 1. The summed E-state index contributed by atoms with van der Waals surface area (Å²) in [6, 6.07) is 9.95. The fourth-order valence-corrected chi connectivity index (χ4v) is 3.26. The van der Waals surface area contributed by atoms with Crippen LogP contribution in [0.4, 0.5) is 0 Å². The topological polar surface area (TPSA) is 12.0 Å². The van der Waals surface area contributed by atoms with Gasteiger partial charge in [0.25, 0.3) is 0 Å². The molecule has 0 bridgehead atoms. The van der Waals surface area contributed by atoms with Gasteiger partial charge in [-0.15, -0.1) is 0 Å². The second-order valence-electron chi connectivity index (χ2n) is 6.62. The number of rotatable bonds is 4. The van der Waals surface area contributed by atoms with Crippen molar-refractivity contribution in [1.29, 1.82) is 0 Å². The van der Waals surface area contributed by atoms with Gasteiger partial charge in [0.1, 0.15) is 0 Å². The minimum atomic E-state index is 0.499. The molecule has 0 radical (unpaired) electrons. The highest BCUT2D eigenvalue weighted by Crippen LogP contribution is 2.36. The van der Waals surface area contributed by atoms with Crippen LogP contribution in [-0.2, 0) is 0 Å². The Balaban J connectivity index is 1.94. The highest BCUT2D eigenvalue weighted by molar-refractivity contribution is 9.10. The Bertz CT molecular complexity index is 386. The zero-order valence-electron chi connectivity index (χ0n) is 12.4. The largest absolute Gasteiger partial charge is 0.307 e. The van der Waals surface area contributed by atoms with Crippen molar-refractivity contribution in [2.45, 2.75) is 65.0 Å². The van der Waals surface area contributed by atoms with Crippen LogP contribution in [0.15, 0.2) is 28.7 Å². The van der Waals surface area contributed by atoms with Crippen molar-refractivity contribution in [3.63, 3.8) is 0 Å². The molecule has 1 aromatic carbocycles. The highest BCUT2D eigenvalue weighted by atomic mass is 79.9. The lowest BCUT2D eigenvalue weighted by molar-refractivity contribution is 0.197. The van der Waals surface area contributed by atoms with Crippen molar-refractivity contribution in [1.82, 2.24) is 5.32 Å². The molecule has 0 amide bonds. The summed E-state index contributed by atoms with van der Waals surface area (Å²) in [7, 11) is 0. The van der Waals surface area contributed by atoms with E-state index in [1.807, 2.05) is 0 Å². The van der Waals surface area contributed by atoms with E-state index >= 15 is 0 Å². The van der Waals surface area contributed by atoms with E-state index in [4.69, 9.17) is 0 Å². The van der Waals surface area contributed by atoms with Gasteiger partial charge in [-0.2, -0.15) is 0 Å². The van der Waals surface area contributed by atoms with Crippen LogP contribution in [-0.4, -0.2) is 6.04 Å². The predicted molar refractivity (Wildman–Crippen MR) is 86.3 cm³/mol. The van der Waals surface area contributed by atoms with Crippen molar-refractivity contribution in [2.75, 3.05) is 0 Å². The molecule has 1 aromatic rings. The molecule has 1 aliphatic rings. The second kappa shape index (κ2) is 6.41. The number of halogens is 1. The Labute approximate surface area is 126 Å². The minimum absolute atomic E-state index is 0.499. The zero-order chi connectivity index (χ0) is 13.9. The van der Waals surface area contributed by atoms with Crippen LogP contribution in [0.5, 0.6) is 0 Å². The van der Waals surface area contributed by atoms with E-state index in [0.29, 0.717) is 17.5 Å². The maximum Gasteiger partial charge on any atom is 0.0320 e. The molecule has 1 unspecified atom stereocenters.